The number of aromatic amines is 1. The summed E-state index contributed by atoms with van der Waals surface area (Å²) >= 11 is 0. The Hall–Kier alpha value is -2.80. The molecule has 0 radical (unpaired) electrons. The van der Waals surface area contributed by atoms with E-state index in [1.54, 1.807) is 34.9 Å². The Balaban J connectivity index is 1.99. The smallest absolute Gasteiger partial charge is 0.355 e. The number of methoxy groups -OCH3 is 1. The molecule has 0 fully saturated rings. The highest BCUT2D eigenvalue weighted by Crippen LogP contribution is 2.25. The second-order valence-electron chi connectivity index (χ2n) is 6.48. The number of esters is 1. The number of nitrogens with zero attached hydrogens (tertiary/aromatic N) is 1. The average molecular weight is 374 g/mol. The minimum Gasteiger partial charge on any atom is -0.496 e. The minimum atomic E-state index is -0.698. The van der Waals surface area contributed by atoms with Crippen LogP contribution in [0, 0.1) is 13.8 Å². The van der Waals surface area contributed by atoms with E-state index in [-0.39, 0.29) is 18.2 Å². The van der Waals surface area contributed by atoms with Crippen molar-refractivity contribution in [3.05, 3.63) is 52.3 Å². The number of aliphatic hydroxyl groups is 1. The van der Waals surface area contributed by atoms with E-state index in [1.165, 1.54) is 4.90 Å². The fraction of sp³-hybridized carbons (Fsp3) is 0.400. The molecule has 2 N–H and O–H groups in total. The van der Waals surface area contributed by atoms with Gasteiger partial charge in [-0.3, -0.25) is 4.79 Å². The molecule has 0 aliphatic carbocycles. The maximum Gasteiger partial charge on any atom is 0.355 e. The molecule has 0 aliphatic rings. The zero-order valence-corrected chi connectivity index (χ0v) is 16.3. The van der Waals surface area contributed by atoms with E-state index in [2.05, 4.69) is 4.98 Å². The number of hydrogen-bond acceptors (Lipinski definition) is 5. The molecule has 0 aliphatic heterocycles. The van der Waals surface area contributed by atoms with Gasteiger partial charge >= 0.3 is 5.97 Å². The highest BCUT2D eigenvalue weighted by molar-refractivity contribution is 5.91. The van der Waals surface area contributed by atoms with Crippen LogP contribution in [-0.2, 0) is 16.1 Å². The Morgan fingerprint density at radius 3 is 2.52 bits per heavy atom. The van der Waals surface area contributed by atoms with E-state index in [4.69, 9.17) is 9.47 Å². The maximum absolute atomic E-state index is 12.3. The summed E-state index contributed by atoms with van der Waals surface area (Å²) in [6.07, 6.45) is -0.698. The molecule has 2 rings (SSSR count). The number of aromatic nitrogens is 1. The maximum atomic E-state index is 12.3. The molecule has 146 valence electrons. The van der Waals surface area contributed by atoms with Crippen molar-refractivity contribution >= 4 is 11.9 Å². The lowest BCUT2D eigenvalue weighted by molar-refractivity contribution is -0.133. The fourth-order valence-electron chi connectivity index (χ4n) is 3.08. The zero-order valence-electron chi connectivity index (χ0n) is 16.3. The van der Waals surface area contributed by atoms with Crippen LogP contribution in [0.15, 0.2) is 24.3 Å². The van der Waals surface area contributed by atoms with E-state index in [1.807, 2.05) is 24.3 Å². The largest absolute Gasteiger partial charge is 0.496 e. The van der Waals surface area contributed by atoms with Crippen LogP contribution in [0.1, 0.15) is 45.9 Å². The monoisotopic (exact) mass is 374 g/mol. The number of carbonyl (C=O) groups excluding carboxylic acids is 2. The van der Waals surface area contributed by atoms with Crippen LogP contribution in [0.2, 0.25) is 0 Å². The SMILES string of the molecule is COc1ccccc1CN(C)C(=O)COC(=O)c1[nH]c(C)c([C@H](C)O)c1C. The molecule has 27 heavy (non-hydrogen) atoms. The Kier molecular flexibility index (Phi) is 6.63. The Bertz CT molecular complexity index is 826. The van der Waals surface area contributed by atoms with E-state index in [9.17, 15) is 14.7 Å². The van der Waals surface area contributed by atoms with Crippen molar-refractivity contribution in [2.75, 3.05) is 20.8 Å². The van der Waals surface area contributed by atoms with E-state index >= 15 is 0 Å². The van der Waals surface area contributed by atoms with Crippen molar-refractivity contribution in [3.63, 3.8) is 0 Å². The van der Waals surface area contributed by atoms with Gasteiger partial charge in [0, 0.05) is 30.4 Å². The average Bonchev–Trinajstić information content (AvgIpc) is 2.94. The van der Waals surface area contributed by atoms with Gasteiger partial charge in [-0.15, -0.1) is 0 Å². The highest BCUT2D eigenvalue weighted by atomic mass is 16.5. The van der Waals surface area contributed by atoms with Gasteiger partial charge in [0.25, 0.3) is 5.91 Å². The number of likely N-dealkylation sites (N-methyl/N-ethyl adjacent to an activating group) is 1. The number of rotatable bonds is 7. The molecule has 1 aromatic heterocycles. The van der Waals surface area contributed by atoms with Gasteiger partial charge in [-0.25, -0.2) is 4.79 Å². The Labute approximate surface area is 158 Å². The number of para-hydroxylation sites is 1. The molecule has 1 aromatic carbocycles. The number of ether oxygens (including phenoxy) is 2. The summed E-state index contributed by atoms with van der Waals surface area (Å²) in [7, 11) is 3.21. The van der Waals surface area contributed by atoms with Crippen molar-refractivity contribution in [2.24, 2.45) is 0 Å². The van der Waals surface area contributed by atoms with Gasteiger partial charge in [-0.1, -0.05) is 18.2 Å². The van der Waals surface area contributed by atoms with E-state index in [0.717, 1.165) is 5.56 Å². The lowest BCUT2D eigenvalue weighted by Crippen LogP contribution is -2.31. The summed E-state index contributed by atoms with van der Waals surface area (Å²) in [5.41, 5.74) is 3.11. The van der Waals surface area contributed by atoms with Gasteiger partial charge in [-0.2, -0.15) is 0 Å². The summed E-state index contributed by atoms with van der Waals surface area (Å²) in [5, 5.41) is 9.81. The number of aliphatic hydroxyl groups excluding tert-OH is 1. The first-order chi connectivity index (χ1) is 12.8. The predicted molar refractivity (Wildman–Crippen MR) is 101 cm³/mol. The van der Waals surface area contributed by atoms with Crippen LogP contribution in [0.25, 0.3) is 0 Å². The second kappa shape index (κ2) is 8.73. The summed E-state index contributed by atoms with van der Waals surface area (Å²) in [6, 6.07) is 7.42. The molecule has 1 heterocycles. The zero-order chi connectivity index (χ0) is 20.1. The predicted octanol–water partition coefficient (Wildman–Crippen LogP) is 2.51. The minimum absolute atomic E-state index is 0.253. The molecule has 1 atom stereocenters. The number of nitrogens with one attached hydrogen (secondary N) is 1. The highest BCUT2D eigenvalue weighted by Gasteiger charge is 2.22. The lowest BCUT2D eigenvalue weighted by atomic mass is 10.1. The first-order valence-electron chi connectivity index (χ1n) is 8.66. The van der Waals surface area contributed by atoms with Gasteiger partial charge in [0.2, 0.25) is 0 Å². The third-order valence-electron chi connectivity index (χ3n) is 4.47. The number of amides is 1. The van der Waals surface area contributed by atoms with Crippen LogP contribution in [0.5, 0.6) is 5.75 Å². The summed E-state index contributed by atoms with van der Waals surface area (Å²) < 4.78 is 10.4. The van der Waals surface area contributed by atoms with Crippen LogP contribution >= 0.6 is 0 Å². The van der Waals surface area contributed by atoms with E-state index in [0.29, 0.717) is 29.1 Å². The van der Waals surface area contributed by atoms with Crippen molar-refractivity contribution in [2.45, 2.75) is 33.4 Å². The molecule has 0 unspecified atom stereocenters. The molecular formula is C20H26N2O5. The standard InChI is InChI=1S/C20H26N2O5/c1-12-18(14(3)23)13(2)21-19(12)20(25)27-11-17(24)22(4)10-15-8-6-7-9-16(15)26-5/h6-9,14,21,23H,10-11H2,1-5H3/t14-/m0/s1. The molecular weight excluding hydrogens is 348 g/mol. The normalized spacial score (nSPS) is 11.8. The third-order valence-corrected chi connectivity index (χ3v) is 4.47. The molecule has 0 spiro atoms. The summed E-state index contributed by atoms with van der Waals surface area (Å²) in [4.78, 5) is 29.0. The first kappa shape index (κ1) is 20.5. The van der Waals surface area contributed by atoms with Crippen LogP contribution in [-0.4, -0.2) is 47.6 Å². The summed E-state index contributed by atoms with van der Waals surface area (Å²) in [6.45, 7) is 5.11. The number of aryl methyl sites for hydroxylation is 1. The molecule has 2 aromatic rings. The number of hydrogen-bond donors (Lipinski definition) is 2. The van der Waals surface area contributed by atoms with Crippen molar-refractivity contribution in [3.8, 4) is 5.75 Å². The van der Waals surface area contributed by atoms with Gasteiger partial charge in [0.05, 0.1) is 13.2 Å². The van der Waals surface area contributed by atoms with Crippen LogP contribution in [0.4, 0.5) is 0 Å². The Morgan fingerprint density at radius 1 is 1.26 bits per heavy atom. The van der Waals surface area contributed by atoms with Gasteiger partial charge in [0.1, 0.15) is 11.4 Å². The van der Waals surface area contributed by atoms with Crippen molar-refractivity contribution < 1.29 is 24.2 Å². The van der Waals surface area contributed by atoms with Gasteiger partial charge in [-0.05, 0) is 32.4 Å². The first-order valence-corrected chi connectivity index (χ1v) is 8.66. The second-order valence-corrected chi connectivity index (χ2v) is 6.48. The van der Waals surface area contributed by atoms with Crippen LogP contribution in [0.3, 0.4) is 0 Å². The molecule has 7 heteroatoms. The topological polar surface area (TPSA) is 91.9 Å². The molecule has 0 saturated heterocycles. The number of carbonyl (C=O) groups is 2. The molecule has 0 saturated carbocycles. The van der Waals surface area contributed by atoms with Gasteiger partial charge < -0.3 is 24.5 Å². The lowest BCUT2D eigenvalue weighted by Gasteiger charge is -2.18. The molecule has 0 bridgehead atoms. The Morgan fingerprint density at radius 2 is 1.93 bits per heavy atom. The quantitative estimate of drug-likeness (QED) is 0.727. The number of H-pyrrole nitrogens is 1. The molecule has 7 nitrogen and oxygen atoms in total. The third kappa shape index (κ3) is 4.68. The number of benzene rings is 1. The fourth-order valence-corrected chi connectivity index (χ4v) is 3.08. The summed E-state index contributed by atoms with van der Waals surface area (Å²) in [5.74, 6) is -0.259. The van der Waals surface area contributed by atoms with Crippen LogP contribution < -0.4 is 4.74 Å². The molecule has 1 amide bonds. The van der Waals surface area contributed by atoms with Gasteiger partial charge in [0.15, 0.2) is 6.61 Å². The van der Waals surface area contributed by atoms with E-state index < -0.39 is 12.1 Å². The van der Waals surface area contributed by atoms with Crippen molar-refractivity contribution in [1.29, 1.82) is 0 Å². The van der Waals surface area contributed by atoms with Crippen molar-refractivity contribution in [1.82, 2.24) is 9.88 Å².